The topological polar surface area (TPSA) is 94.6 Å². The molecular formula is C24H26F4N8O2. The van der Waals surface area contributed by atoms with Gasteiger partial charge in [0.15, 0.2) is 0 Å². The van der Waals surface area contributed by atoms with Gasteiger partial charge in [0.05, 0.1) is 48.0 Å². The lowest BCUT2D eigenvalue weighted by Crippen LogP contribution is -2.67. The molecule has 3 aromatic heterocycles. The molecule has 6 rings (SSSR count). The Morgan fingerprint density at radius 1 is 1.29 bits per heavy atom. The third kappa shape index (κ3) is 4.21. The van der Waals surface area contributed by atoms with E-state index in [2.05, 4.69) is 25.7 Å². The maximum Gasteiger partial charge on any atom is 0.280 e. The standard InChI is InChI=1S/C24H26F4N8O2/c1-23(12-38-13-23)34-7-6-18(24(27,28)11-34)29-22-30-21(37-2)20-15(5-8-35(20)32-22)14-3-4-16-17(9-14)36(33-31-16)10-19(25)26/h3-5,8-9,18-19H,6-7,10-13H2,1-2H3,(H,29,32)/i2D3. The van der Waals surface area contributed by atoms with Gasteiger partial charge >= 0.3 is 0 Å². The number of benzene rings is 1. The molecule has 1 atom stereocenters. The predicted molar refractivity (Wildman–Crippen MR) is 130 cm³/mol. The maximum absolute atomic E-state index is 15.2. The third-order valence-electron chi connectivity index (χ3n) is 7.20. The number of aromatic nitrogens is 6. The summed E-state index contributed by atoms with van der Waals surface area (Å²) in [5.74, 6) is -3.72. The largest absolute Gasteiger partial charge is 0.479 e. The van der Waals surface area contributed by atoms with Crippen molar-refractivity contribution >= 4 is 22.5 Å². The summed E-state index contributed by atoms with van der Waals surface area (Å²) in [7, 11) is -2.91. The fraction of sp³-hybridized carbons (Fsp3) is 0.500. The molecule has 0 aliphatic carbocycles. The van der Waals surface area contributed by atoms with Gasteiger partial charge in [0.2, 0.25) is 11.8 Å². The first-order chi connectivity index (χ1) is 19.3. The lowest BCUT2D eigenvalue weighted by Gasteiger charge is -2.51. The predicted octanol–water partition coefficient (Wildman–Crippen LogP) is 3.33. The molecule has 10 nitrogen and oxygen atoms in total. The van der Waals surface area contributed by atoms with E-state index < -0.39 is 44.1 Å². The van der Waals surface area contributed by atoms with Crippen molar-refractivity contribution in [1.82, 2.24) is 34.5 Å². The number of hydrogen-bond acceptors (Lipinski definition) is 8. The van der Waals surface area contributed by atoms with Gasteiger partial charge in [0, 0.05) is 18.3 Å². The molecule has 0 spiro atoms. The second kappa shape index (κ2) is 9.05. The van der Waals surface area contributed by atoms with E-state index in [0.29, 0.717) is 41.9 Å². The number of methoxy groups -OCH3 is 1. The van der Waals surface area contributed by atoms with E-state index in [-0.39, 0.29) is 23.8 Å². The molecule has 1 aromatic carbocycles. The minimum Gasteiger partial charge on any atom is -0.479 e. The number of nitrogens with one attached hydrogen (secondary N) is 1. The zero-order valence-electron chi connectivity index (χ0n) is 23.2. The van der Waals surface area contributed by atoms with Gasteiger partial charge < -0.3 is 14.8 Å². The van der Waals surface area contributed by atoms with Crippen LogP contribution in [0.25, 0.3) is 27.7 Å². The molecule has 1 N–H and O–H groups in total. The first kappa shape index (κ1) is 21.4. The quantitative estimate of drug-likeness (QED) is 0.359. The molecule has 2 fully saturated rings. The Morgan fingerprint density at radius 3 is 2.84 bits per heavy atom. The molecule has 2 aliphatic rings. The summed E-state index contributed by atoms with van der Waals surface area (Å²) in [5, 5.41) is 14.7. The van der Waals surface area contributed by atoms with Crippen LogP contribution in [0.5, 0.6) is 5.88 Å². The Hall–Kier alpha value is -3.52. The van der Waals surface area contributed by atoms with Crippen molar-refractivity contribution in [2.45, 2.75) is 43.8 Å². The number of rotatable bonds is 7. The van der Waals surface area contributed by atoms with Crippen LogP contribution >= 0.6 is 0 Å². The summed E-state index contributed by atoms with van der Waals surface area (Å²) in [4.78, 5) is 5.91. The van der Waals surface area contributed by atoms with Crippen LogP contribution in [0.1, 0.15) is 17.5 Å². The molecule has 0 amide bonds. The van der Waals surface area contributed by atoms with Crippen LogP contribution in [0.15, 0.2) is 30.5 Å². The van der Waals surface area contributed by atoms with E-state index in [9.17, 15) is 8.78 Å². The molecule has 1 unspecified atom stereocenters. The van der Waals surface area contributed by atoms with E-state index >= 15 is 8.78 Å². The molecule has 5 heterocycles. The number of alkyl halides is 4. The summed E-state index contributed by atoms with van der Waals surface area (Å²) in [6.45, 7) is 1.95. The number of hydrogen-bond donors (Lipinski definition) is 1. The normalized spacial score (nSPS) is 22.7. The van der Waals surface area contributed by atoms with E-state index in [1.165, 1.54) is 10.7 Å². The SMILES string of the molecule is [2H]C([2H])([2H])Oc1nc(NC2CCN(C3(C)COC3)CC2(F)F)nn2ccc(-c3ccc4nnn(CC(F)F)c4c3)c12. The Balaban J connectivity index is 1.35. The summed E-state index contributed by atoms with van der Waals surface area (Å²) in [6, 6.07) is 5.14. The molecular weight excluding hydrogens is 508 g/mol. The van der Waals surface area contributed by atoms with Crippen molar-refractivity contribution in [3.05, 3.63) is 30.5 Å². The van der Waals surface area contributed by atoms with Gasteiger partial charge in [-0.25, -0.2) is 26.8 Å². The highest BCUT2D eigenvalue weighted by molar-refractivity contribution is 5.89. The lowest BCUT2D eigenvalue weighted by molar-refractivity contribution is -0.174. The van der Waals surface area contributed by atoms with Gasteiger partial charge in [-0.1, -0.05) is 11.3 Å². The van der Waals surface area contributed by atoms with E-state index in [1.54, 1.807) is 29.2 Å². The van der Waals surface area contributed by atoms with E-state index in [1.807, 2.05) is 6.92 Å². The van der Waals surface area contributed by atoms with Crippen LogP contribution in [0.4, 0.5) is 23.5 Å². The summed E-state index contributed by atoms with van der Waals surface area (Å²) in [5.41, 5.74) is 1.39. The van der Waals surface area contributed by atoms with Crippen molar-refractivity contribution in [3.63, 3.8) is 0 Å². The Labute approximate surface area is 218 Å². The molecule has 0 radical (unpaired) electrons. The van der Waals surface area contributed by atoms with Crippen LogP contribution in [0.2, 0.25) is 0 Å². The van der Waals surface area contributed by atoms with Gasteiger partial charge in [-0.3, -0.25) is 4.90 Å². The van der Waals surface area contributed by atoms with Crippen LogP contribution < -0.4 is 10.1 Å². The number of nitrogens with zero attached hydrogens (tertiary/aromatic N) is 7. The second-order valence-corrected chi connectivity index (χ2v) is 9.89. The minimum atomic E-state index is -3.13. The Morgan fingerprint density at radius 2 is 2.13 bits per heavy atom. The smallest absolute Gasteiger partial charge is 0.280 e. The fourth-order valence-electron chi connectivity index (χ4n) is 5.07. The van der Waals surface area contributed by atoms with Crippen molar-refractivity contribution in [2.24, 2.45) is 0 Å². The molecule has 0 saturated carbocycles. The lowest BCUT2D eigenvalue weighted by atomic mass is 9.91. The van der Waals surface area contributed by atoms with Crippen molar-refractivity contribution in [3.8, 4) is 17.0 Å². The van der Waals surface area contributed by atoms with Crippen LogP contribution in [-0.2, 0) is 11.3 Å². The van der Waals surface area contributed by atoms with Gasteiger partial charge in [-0.05, 0) is 37.1 Å². The zero-order valence-corrected chi connectivity index (χ0v) is 20.2. The molecule has 14 heteroatoms. The number of fused-ring (bicyclic) bond motifs is 2. The fourth-order valence-corrected chi connectivity index (χ4v) is 5.07. The van der Waals surface area contributed by atoms with Gasteiger partial charge in [-0.2, -0.15) is 4.98 Å². The number of piperidine rings is 1. The van der Waals surface area contributed by atoms with Crippen molar-refractivity contribution < 1.29 is 31.1 Å². The number of anilines is 1. The van der Waals surface area contributed by atoms with E-state index in [0.717, 1.165) is 4.68 Å². The average Bonchev–Trinajstić information content (AvgIpc) is 3.46. The molecule has 38 heavy (non-hydrogen) atoms. The van der Waals surface area contributed by atoms with Crippen molar-refractivity contribution in [2.75, 3.05) is 38.7 Å². The first-order valence-electron chi connectivity index (χ1n) is 13.5. The number of halogens is 4. The van der Waals surface area contributed by atoms with Gasteiger partial charge in [0.1, 0.15) is 17.6 Å². The second-order valence-electron chi connectivity index (χ2n) is 9.89. The molecule has 202 valence electrons. The Bertz CT molecular complexity index is 1590. The third-order valence-corrected chi connectivity index (χ3v) is 7.20. The monoisotopic (exact) mass is 537 g/mol. The van der Waals surface area contributed by atoms with Crippen LogP contribution in [0, 0.1) is 0 Å². The first-order valence-corrected chi connectivity index (χ1v) is 12.0. The highest BCUT2D eigenvalue weighted by Gasteiger charge is 2.51. The minimum absolute atomic E-state index is 0.0940. The van der Waals surface area contributed by atoms with Crippen LogP contribution in [-0.4, -0.2) is 91.8 Å². The average molecular weight is 538 g/mol. The highest BCUT2D eigenvalue weighted by atomic mass is 19.3. The molecule has 2 aliphatic heterocycles. The maximum atomic E-state index is 15.2. The summed E-state index contributed by atoms with van der Waals surface area (Å²) >= 11 is 0. The summed E-state index contributed by atoms with van der Waals surface area (Å²) < 4.78 is 92.2. The highest BCUT2D eigenvalue weighted by Crippen LogP contribution is 2.37. The summed E-state index contributed by atoms with van der Waals surface area (Å²) in [6.07, 6.45) is -1.05. The van der Waals surface area contributed by atoms with Gasteiger partial charge in [0.25, 0.3) is 12.3 Å². The van der Waals surface area contributed by atoms with Gasteiger partial charge in [-0.15, -0.1) is 10.2 Å². The van der Waals surface area contributed by atoms with Crippen molar-refractivity contribution in [1.29, 1.82) is 0 Å². The van der Waals surface area contributed by atoms with Crippen LogP contribution in [0.3, 0.4) is 0 Å². The number of likely N-dealkylation sites (tertiary alicyclic amines) is 1. The molecule has 2 saturated heterocycles. The molecule has 4 aromatic rings. The molecule has 0 bridgehead atoms. The Kier molecular flexibility index (Phi) is 5.10. The zero-order chi connectivity index (χ0) is 29.2. The van der Waals surface area contributed by atoms with E-state index in [4.69, 9.17) is 13.6 Å². The number of ether oxygens (including phenoxy) is 2.